The molecule has 2 heterocycles. The number of nitriles is 1. The van der Waals surface area contributed by atoms with Crippen molar-refractivity contribution in [1.29, 1.82) is 5.26 Å². The van der Waals surface area contributed by atoms with Crippen molar-refractivity contribution in [2.24, 2.45) is 10.2 Å². The minimum absolute atomic E-state index is 0.0497. The molecule has 0 bridgehead atoms. The molecule has 0 radical (unpaired) electrons. The average Bonchev–Trinajstić information content (AvgIpc) is 3.31. The Bertz CT molecular complexity index is 1670. The number of phenolic OH excluding ortho intramolecular Hbond substituents is 1. The standard InChI is InChI=1S/C26H18N8O2/c1-16-6-4-8-19(12-16)31-25(36)22-20-9-3-2-7-17(20)13-21(23(22)35)32-33-24-18(14-27)15-30-34(24)26-28-10-5-11-29-26/h2-13,15,35H,1H3,(H,31,36)/b33-32+. The lowest BCUT2D eigenvalue weighted by Gasteiger charge is -2.12. The number of aryl methyl sites for hydroxylation is 1. The van der Waals surface area contributed by atoms with Crippen LogP contribution in [0.15, 0.2) is 89.5 Å². The van der Waals surface area contributed by atoms with E-state index in [1.54, 1.807) is 36.4 Å². The molecular formula is C26H18N8O2. The van der Waals surface area contributed by atoms with Gasteiger partial charge in [0.15, 0.2) is 11.6 Å². The van der Waals surface area contributed by atoms with Gasteiger partial charge in [-0.15, -0.1) is 10.2 Å². The topological polar surface area (TPSA) is 141 Å². The number of nitrogens with zero attached hydrogens (tertiary/aromatic N) is 7. The zero-order valence-corrected chi connectivity index (χ0v) is 19.0. The van der Waals surface area contributed by atoms with Crippen molar-refractivity contribution in [1.82, 2.24) is 19.7 Å². The molecule has 0 atom stereocenters. The van der Waals surface area contributed by atoms with Gasteiger partial charge < -0.3 is 10.4 Å². The Kier molecular flexibility index (Phi) is 5.86. The smallest absolute Gasteiger partial charge is 0.260 e. The zero-order chi connectivity index (χ0) is 25.1. The van der Waals surface area contributed by atoms with E-state index >= 15 is 0 Å². The number of aromatic hydroxyl groups is 1. The Morgan fingerprint density at radius 1 is 1.06 bits per heavy atom. The van der Waals surface area contributed by atoms with E-state index in [1.165, 1.54) is 23.3 Å². The van der Waals surface area contributed by atoms with E-state index < -0.39 is 5.91 Å². The number of aromatic nitrogens is 4. The van der Waals surface area contributed by atoms with Crippen molar-refractivity contribution in [2.45, 2.75) is 6.92 Å². The van der Waals surface area contributed by atoms with Gasteiger partial charge in [0, 0.05) is 18.1 Å². The van der Waals surface area contributed by atoms with Crippen LogP contribution < -0.4 is 5.32 Å². The number of rotatable bonds is 5. The minimum Gasteiger partial charge on any atom is -0.505 e. The third-order valence-electron chi connectivity index (χ3n) is 5.36. The highest BCUT2D eigenvalue weighted by molar-refractivity contribution is 6.16. The number of carbonyl (C=O) groups is 1. The second-order valence-electron chi connectivity index (χ2n) is 7.82. The number of hydrogen-bond donors (Lipinski definition) is 2. The molecule has 174 valence electrons. The van der Waals surface area contributed by atoms with Crippen molar-refractivity contribution in [3.05, 3.63) is 95.9 Å². The van der Waals surface area contributed by atoms with Crippen molar-refractivity contribution in [2.75, 3.05) is 5.32 Å². The number of fused-ring (bicyclic) bond motifs is 1. The lowest BCUT2D eigenvalue weighted by molar-refractivity contribution is 0.102. The highest BCUT2D eigenvalue weighted by Gasteiger charge is 2.20. The van der Waals surface area contributed by atoms with Crippen LogP contribution in [0.2, 0.25) is 0 Å². The molecule has 0 aliphatic heterocycles. The third kappa shape index (κ3) is 4.24. The normalized spacial score (nSPS) is 11.0. The Labute approximate surface area is 205 Å². The number of benzene rings is 3. The Morgan fingerprint density at radius 3 is 2.64 bits per heavy atom. The van der Waals surface area contributed by atoms with Crippen LogP contribution >= 0.6 is 0 Å². The van der Waals surface area contributed by atoms with Crippen LogP contribution in [-0.4, -0.2) is 30.8 Å². The fourth-order valence-electron chi connectivity index (χ4n) is 3.71. The lowest BCUT2D eigenvalue weighted by atomic mass is 10.0. The molecule has 0 aliphatic carbocycles. The summed E-state index contributed by atoms with van der Waals surface area (Å²) in [6.45, 7) is 1.92. The second-order valence-corrected chi connectivity index (χ2v) is 7.82. The Balaban J connectivity index is 1.60. The van der Waals surface area contributed by atoms with Crippen LogP contribution in [0.25, 0.3) is 16.7 Å². The van der Waals surface area contributed by atoms with E-state index in [4.69, 9.17) is 0 Å². The first-order chi connectivity index (χ1) is 17.5. The van der Waals surface area contributed by atoms with Crippen LogP contribution in [0.4, 0.5) is 17.2 Å². The van der Waals surface area contributed by atoms with Crippen LogP contribution in [-0.2, 0) is 0 Å². The Morgan fingerprint density at radius 2 is 1.86 bits per heavy atom. The SMILES string of the molecule is Cc1cccc(NC(=O)c2c(O)c(/N=N/c3c(C#N)cnn3-c3ncccn3)cc3ccccc23)c1. The van der Waals surface area contributed by atoms with Gasteiger partial charge >= 0.3 is 0 Å². The van der Waals surface area contributed by atoms with Crippen molar-refractivity contribution in [3.63, 3.8) is 0 Å². The number of phenols is 1. The van der Waals surface area contributed by atoms with Crippen molar-refractivity contribution in [3.8, 4) is 17.8 Å². The fraction of sp³-hybridized carbons (Fsp3) is 0.0385. The van der Waals surface area contributed by atoms with Crippen molar-refractivity contribution >= 4 is 33.9 Å². The number of nitrogens with one attached hydrogen (secondary N) is 1. The summed E-state index contributed by atoms with van der Waals surface area (Å²) in [5.41, 5.74) is 1.83. The molecule has 0 saturated carbocycles. The summed E-state index contributed by atoms with van der Waals surface area (Å²) in [6.07, 6.45) is 4.39. The molecule has 0 unspecified atom stereocenters. The molecule has 5 rings (SSSR count). The van der Waals surface area contributed by atoms with Gasteiger partial charge in [0.05, 0.1) is 11.8 Å². The van der Waals surface area contributed by atoms with E-state index in [0.717, 1.165) is 5.56 Å². The van der Waals surface area contributed by atoms with E-state index in [9.17, 15) is 15.2 Å². The summed E-state index contributed by atoms with van der Waals surface area (Å²) in [4.78, 5) is 21.5. The van der Waals surface area contributed by atoms with E-state index in [0.29, 0.717) is 16.5 Å². The molecule has 1 amide bonds. The molecule has 5 aromatic rings. The average molecular weight is 474 g/mol. The number of carbonyl (C=O) groups excluding carboxylic acids is 1. The maximum absolute atomic E-state index is 13.3. The van der Waals surface area contributed by atoms with Crippen LogP contribution in [0.5, 0.6) is 5.75 Å². The molecule has 0 spiro atoms. The van der Waals surface area contributed by atoms with Gasteiger partial charge in [0.25, 0.3) is 11.9 Å². The third-order valence-corrected chi connectivity index (χ3v) is 5.36. The lowest BCUT2D eigenvalue weighted by Crippen LogP contribution is -2.13. The van der Waals surface area contributed by atoms with Gasteiger partial charge in [-0.3, -0.25) is 4.79 Å². The zero-order valence-electron chi connectivity index (χ0n) is 19.0. The molecule has 3 aromatic carbocycles. The molecular weight excluding hydrogens is 456 g/mol. The van der Waals surface area contributed by atoms with Crippen LogP contribution in [0, 0.1) is 18.3 Å². The molecule has 0 aliphatic rings. The minimum atomic E-state index is -0.494. The van der Waals surface area contributed by atoms with Gasteiger partial charge in [-0.2, -0.15) is 15.0 Å². The number of amides is 1. The fourth-order valence-corrected chi connectivity index (χ4v) is 3.71. The quantitative estimate of drug-likeness (QED) is 0.328. The van der Waals surface area contributed by atoms with E-state index in [2.05, 4.69) is 30.6 Å². The molecule has 2 aromatic heterocycles. The molecule has 10 nitrogen and oxygen atoms in total. The van der Waals surface area contributed by atoms with Gasteiger partial charge in [-0.25, -0.2) is 9.97 Å². The maximum atomic E-state index is 13.3. The highest BCUT2D eigenvalue weighted by Crippen LogP contribution is 2.38. The first-order valence-electron chi connectivity index (χ1n) is 10.8. The summed E-state index contributed by atoms with van der Waals surface area (Å²) < 4.78 is 1.27. The summed E-state index contributed by atoms with van der Waals surface area (Å²) in [5, 5.41) is 37.2. The monoisotopic (exact) mass is 474 g/mol. The largest absolute Gasteiger partial charge is 0.505 e. The second kappa shape index (κ2) is 9.44. The molecule has 10 heteroatoms. The highest BCUT2D eigenvalue weighted by atomic mass is 16.3. The van der Waals surface area contributed by atoms with E-state index in [-0.39, 0.29) is 34.3 Å². The number of anilines is 1. The summed E-state index contributed by atoms with van der Waals surface area (Å²) in [7, 11) is 0. The van der Waals surface area contributed by atoms with Gasteiger partial charge in [-0.1, -0.05) is 36.4 Å². The van der Waals surface area contributed by atoms with Crippen LogP contribution in [0.3, 0.4) is 0 Å². The predicted octanol–water partition coefficient (Wildman–Crippen LogP) is 5.37. The first-order valence-corrected chi connectivity index (χ1v) is 10.8. The van der Waals surface area contributed by atoms with E-state index in [1.807, 2.05) is 37.3 Å². The summed E-state index contributed by atoms with van der Waals surface area (Å²) in [5.74, 6) is -0.550. The Hall–Kier alpha value is -5.43. The summed E-state index contributed by atoms with van der Waals surface area (Å²) in [6, 6.07) is 19.8. The van der Waals surface area contributed by atoms with Gasteiger partial charge in [-0.05, 0) is 47.5 Å². The predicted molar refractivity (Wildman–Crippen MR) is 133 cm³/mol. The first kappa shape index (κ1) is 22.4. The molecule has 0 fully saturated rings. The van der Waals surface area contributed by atoms with Crippen LogP contribution in [0.1, 0.15) is 21.5 Å². The number of azo groups is 1. The number of hydrogen-bond acceptors (Lipinski definition) is 8. The summed E-state index contributed by atoms with van der Waals surface area (Å²) >= 11 is 0. The van der Waals surface area contributed by atoms with Crippen molar-refractivity contribution < 1.29 is 9.90 Å². The van der Waals surface area contributed by atoms with Gasteiger partial charge in [0.2, 0.25) is 0 Å². The molecule has 0 saturated heterocycles. The maximum Gasteiger partial charge on any atom is 0.260 e. The molecule has 2 N–H and O–H groups in total. The van der Waals surface area contributed by atoms with Gasteiger partial charge in [0.1, 0.15) is 17.3 Å². The molecule has 36 heavy (non-hydrogen) atoms.